The Morgan fingerprint density at radius 1 is 1.17 bits per heavy atom. The molecule has 0 aromatic heterocycles. The first-order valence-electron chi connectivity index (χ1n) is 4.32. The number of hydrogen-bond donors (Lipinski definition) is 0. The Balaban J connectivity index is 1.90. The minimum absolute atomic E-state index is 0.454. The van der Waals surface area contributed by atoms with Crippen LogP contribution in [0.5, 0.6) is 0 Å². The summed E-state index contributed by atoms with van der Waals surface area (Å²) in [5.74, 6) is -0.237. The van der Waals surface area contributed by atoms with Crippen LogP contribution in [-0.4, -0.2) is 31.1 Å². The van der Waals surface area contributed by atoms with E-state index in [0.29, 0.717) is 5.92 Å². The molecular weight excluding hydrogens is 224 g/mol. The first-order chi connectivity index (χ1) is 5.85. The molecule has 3 heterocycles. The van der Waals surface area contributed by atoms with Gasteiger partial charge in [0.2, 0.25) is 0 Å². The quantitative estimate of drug-likeness (QED) is 0.696. The number of halogens is 1. The summed E-state index contributed by atoms with van der Waals surface area (Å²) in [5, 5.41) is 0.967. The SMILES string of the molecule is BrCCCC12OCC(CO1)CO2. The van der Waals surface area contributed by atoms with Gasteiger partial charge in [-0.25, -0.2) is 0 Å². The van der Waals surface area contributed by atoms with E-state index in [1.165, 1.54) is 0 Å². The van der Waals surface area contributed by atoms with E-state index in [2.05, 4.69) is 15.9 Å². The molecule has 3 fully saturated rings. The van der Waals surface area contributed by atoms with Gasteiger partial charge in [-0.15, -0.1) is 0 Å². The number of alkyl halides is 1. The maximum Gasteiger partial charge on any atom is 0.282 e. The molecule has 12 heavy (non-hydrogen) atoms. The topological polar surface area (TPSA) is 27.7 Å². The zero-order chi connectivity index (χ0) is 8.44. The largest absolute Gasteiger partial charge is 0.327 e. The summed E-state index contributed by atoms with van der Waals surface area (Å²) >= 11 is 3.38. The predicted molar refractivity (Wildman–Crippen MR) is 47.1 cm³/mol. The van der Waals surface area contributed by atoms with Gasteiger partial charge in [-0.1, -0.05) is 15.9 Å². The fourth-order valence-corrected chi connectivity index (χ4v) is 1.78. The monoisotopic (exact) mass is 236 g/mol. The lowest BCUT2D eigenvalue weighted by atomic mass is 10.1. The summed E-state index contributed by atoms with van der Waals surface area (Å²) in [6.45, 7) is 2.38. The second kappa shape index (κ2) is 3.62. The van der Waals surface area contributed by atoms with Crippen LogP contribution in [0.4, 0.5) is 0 Å². The molecule has 2 bridgehead atoms. The first kappa shape index (κ1) is 8.94. The van der Waals surface area contributed by atoms with Crippen molar-refractivity contribution in [2.24, 2.45) is 5.92 Å². The summed E-state index contributed by atoms with van der Waals surface area (Å²) in [7, 11) is 0. The summed E-state index contributed by atoms with van der Waals surface area (Å²) in [6, 6.07) is 0. The average Bonchev–Trinajstić information content (AvgIpc) is 2.18. The zero-order valence-electron chi connectivity index (χ0n) is 6.92. The highest BCUT2D eigenvalue weighted by Gasteiger charge is 2.43. The van der Waals surface area contributed by atoms with Crippen LogP contribution in [0.15, 0.2) is 0 Å². The fourth-order valence-electron chi connectivity index (χ4n) is 1.50. The number of fused-ring (bicyclic) bond motifs is 3. The fraction of sp³-hybridized carbons (Fsp3) is 1.00. The maximum absolute atomic E-state index is 5.50. The second-order valence-corrected chi connectivity index (χ2v) is 4.07. The van der Waals surface area contributed by atoms with E-state index in [1.807, 2.05) is 0 Å². The number of ether oxygens (including phenoxy) is 3. The third-order valence-corrected chi connectivity index (χ3v) is 2.79. The molecule has 0 spiro atoms. The Morgan fingerprint density at radius 2 is 1.75 bits per heavy atom. The van der Waals surface area contributed by atoms with E-state index in [4.69, 9.17) is 14.2 Å². The Bertz CT molecular complexity index is 141. The van der Waals surface area contributed by atoms with Crippen molar-refractivity contribution < 1.29 is 14.2 Å². The van der Waals surface area contributed by atoms with Crippen LogP contribution in [0.3, 0.4) is 0 Å². The van der Waals surface area contributed by atoms with Crippen molar-refractivity contribution in [1.82, 2.24) is 0 Å². The highest BCUT2D eigenvalue weighted by Crippen LogP contribution is 2.33. The minimum Gasteiger partial charge on any atom is -0.327 e. The molecule has 0 aromatic rings. The van der Waals surface area contributed by atoms with Crippen LogP contribution < -0.4 is 0 Å². The lowest BCUT2D eigenvalue weighted by molar-refractivity contribution is -0.449. The molecule has 3 saturated heterocycles. The van der Waals surface area contributed by atoms with Gasteiger partial charge in [0.1, 0.15) is 0 Å². The van der Waals surface area contributed by atoms with Gasteiger partial charge in [-0.2, -0.15) is 0 Å². The van der Waals surface area contributed by atoms with E-state index in [9.17, 15) is 0 Å². The van der Waals surface area contributed by atoms with Crippen LogP contribution in [-0.2, 0) is 14.2 Å². The van der Waals surface area contributed by atoms with Gasteiger partial charge in [-0.05, 0) is 6.42 Å². The van der Waals surface area contributed by atoms with Gasteiger partial charge in [-0.3, -0.25) is 0 Å². The van der Waals surface area contributed by atoms with E-state index >= 15 is 0 Å². The molecule has 3 rings (SSSR count). The zero-order valence-corrected chi connectivity index (χ0v) is 8.51. The lowest BCUT2D eigenvalue weighted by Gasteiger charge is -2.45. The molecule has 0 radical (unpaired) electrons. The van der Waals surface area contributed by atoms with Gasteiger partial charge < -0.3 is 14.2 Å². The van der Waals surface area contributed by atoms with Gasteiger partial charge >= 0.3 is 0 Å². The Hall–Kier alpha value is 0.360. The van der Waals surface area contributed by atoms with Crippen LogP contribution in [0.2, 0.25) is 0 Å². The molecule has 3 aliphatic rings. The molecule has 3 nitrogen and oxygen atoms in total. The highest BCUT2D eigenvalue weighted by molar-refractivity contribution is 9.09. The van der Waals surface area contributed by atoms with Crippen molar-refractivity contribution in [2.75, 3.05) is 25.2 Å². The molecule has 3 aliphatic heterocycles. The molecule has 0 unspecified atom stereocenters. The Labute approximate surface area is 80.5 Å². The molecule has 0 atom stereocenters. The van der Waals surface area contributed by atoms with Crippen molar-refractivity contribution in [1.29, 1.82) is 0 Å². The van der Waals surface area contributed by atoms with Gasteiger partial charge in [0.05, 0.1) is 19.8 Å². The Kier molecular flexibility index (Phi) is 2.69. The number of rotatable bonds is 3. The van der Waals surface area contributed by atoms with Crippen molar-refractivity contribution >= 4 is 15.9 Å². The smallest absolute Gasteiger partial charge is 0.282 e. The normalized spacial score (nSPS) is 40.2. The third-order valence-electron chi connectivity index (χ3n) is 2.23. The van der Waals surface area contributed by atoms with Gasteiger partial charge in [0.25, 0.3) is 5.97 Å². The molecule has 70 valence electrons. The molecule has 0 aromatic carbocycles. The summed E-state index contributed by atoms with van der Waals surface area (Å²) in [4.78, 5) is 0. The lowest BCUT2D eigenvalue weighted by Crippen LogP contribution is -2.53. The molecule has 0 saturated carbocycles. The molecule has 0 amide bonds. The van der Waals surface area contributed by atoms with E-state index in [1.54, 1.807) is 0 Å². The van der Waals surface area contributed by atoms with Crippen LogP contribution >= 0.6 is 15.9 Å². The maximum atomic E-state index is 5.50. The second-order valence-electron chi connectivity index (χ2n) is 3.27. The third kappa shape index (κ3) is 1.66. The minimum atomic E-state index is -0.692. The average molecular weight is 237 g/mol. The number of hydrogen-bond acceptors (Lipinski definition) is 3. The summed E-state index contributed by atoms with van der Waals surface area (Å²) in [6.07, 6.45) is 1.84. The van der Waals surface area contributed by atoms with E-state index in [-0.39, 0.29) is 0 Å². The summed E-state index contributed by atoms with van der Waals surface area (Å²) < 4.78 is 16.5. The van der Waals surface area contributed by atoms with Gasteiger partial charge in [0, 0.05) is 17.7 Å². The van der Waals surface area contributed by atoms with Crippen molar-refractivity contribution in [3.05, 3.63) is 0 Å². The molecular formula is C8H13BrO3. The van der Waals surface area contributed by atoms with Crippen molar-refractivity contribution in [3.8, 4) is 0 Å². The molecule has 0 N–H and O–H groups in total. The highest BCUT2D eigenvalue weighted by atomic mass is 79.9. The van der Waals surface area contributed by atoms with Crippen molar-refractivity contribution in [3.63, 3.8) is 0 Å². The van der Waals surface area contributed by atoms with Crippen LogP contribution in [0.25, 0.3) is 0 Å². The first-order valence-corrected chi connectivity index (χ1v) is 5.45. The van der Waals surface area contributed by atoms with Crippen LogP contribution in [0.1, 0.15) is 12.8 Å². The molecule has 4 heteroatoms. The molecule has 0 aliphatic carbocycles. The van der Waals surface area contributed by atoms with Crippen LogP contribution in [0, 0.1) is 5.92 Å². The predicted octanol–water partition coefficient (Wildman–Crippen LogP) is 1.51. The van der Waals surface area contributed by atoms with E-state index in [0.717, 1.165) is 38.0 Å². The van der Waals surface area contributed by atoms with Crippen molar-refractivity contribution in [2.45, 2.75) is 18.8 Å². The van der Waals surface area contributed by atoms with E-state index < -0.39 is 5.97 Å². The summed E-state index contributed by atoms with van der Waals surface area (Å²) in [5.41, 5.74) is 0. The standard InChI is InChI=1S/C8H13BrO3/c9-3-1-2-8-10-4-7(5-11-8)6-12-8/h7H,1-6H2. The Morgan fingerprint density at radius 3 is 2.25 bits per heavy atom. The van der Waals surface area contributed by atoms with Gasteiger partial charge in [0.15, 0.2) is 0 Å².